The summed E-state index contributed by atoms with van der Waals surface area (Å²) in [4.78, 5) is 13.6. The number of methoxy groups -OCH3 is 1. The largest absolute Gasteiger partial charge is 0.497 e. The molecule has 0 spiro atoms. The summed E-state index contributed by atoms with van der Waals surface area (Å²) in [7, 11) is -1.94. The zero-order valence-corrected chi connectivity index (χ0v) is 16.1. The molecule has 2 fully saturated rings. The zero-order chi connectivity index (χ0) is 18.6. The number of hydrogen-bond acceptors (Lipinski definition) is 4. The molecule has 1 aliphatic carbocycles. The van der Waals surface area contributed by atoms with Crippen LogP contribution in [-0.4, -0.2) is 64.5 Å². The number of piperazine rings is 1. The van der Waals surface area contributed by atoms with Crippen molar-refractivity contribution in [2.75, 3.05) is 39.8 Å². The van der Waals surface area contributed by atoms with Gasteiger partial charge in [0.05, 0.1) is 38.2 Å². The van der Waals surface area contributed by atoms with Crippen LogP contribution in [-0.2, 0) is 14.8 Å². The van der Waals surface area contributed by atoms with Crippen LogP contribution in [0.4, 0.5) is 0 Å². The summed E-state index contributed by atoms with van der Waals surface area (Å²) in [5.41, 5.74) is 0. The summed E-state index contributed by atoms with van der Waals surface area (Å²) >= 11 is 0. The van der Waals surface area contributed by atoms with E-state index < -0.39 is 10.0 Å². The van der Waals surface area contributed by atoms with Crippen LogP contribution in [0, 0.1) is 0 Å². The summed E-state index contributed by atoms with van der Waals surface area (Å²) < 4.78 is 32.1. The number of carbonyl (C=O) groups is 1. The molecule has 1 amide bonds. The van der Waals surface area contributed by atoms with Crippen LogP contribution in [0.5, 0.6) is 5.75 Å². The molecule has 0 bridgehead atoms. The van der Waals surface area contributed by atoms with E-state index in [9.17, 15) is 13.2 Å². The Morgan fingerprint density at radius 3 is 2.38 bits per heavy atom. The van der Waals surface area contributed by atoms with E-state index in [4.69, 9.17) is 4.74 Å². The van der Waals surface area contributed by atoms with Crippen LogP contribution < -0.4 is 15.0 Å². The average molecular weight is 383 g/mol. The first-order valence-corrected chi connectivity index (χ1v) is 10.7. The molecule has 7 nitrogen and oxygen atoms in total. The molecule has 1 saturated carbocycles. The van der Waals surface area contributed by atoms with E-state index in [1.165, 1.54) is 17.1 Å². The van der Waals surface area contributed by atoms with E-state index in [-0.39, 0.29) is 10.8 Å². The summed E-state index contributed by atoms with van der Waals surface area (Å²) in [5.74, 6) is 0.713. The molecular formula is C18H28N3O4S+. The number of sulfonamides is 1. The lowest BCUT2D eigenvalue weighted by Crippen LogP contribution is -3.15. The third-order valence-corrected chi connectivity index (χ3v) is 7.17. The number of hydrogen-bond donors (Lipinski definition) is 2. The highest BCUT2D eigenvalue weighted by molar-refractivity contribution is 7.89. The van der Waals surface area contributed by atoms with E-state index in [0.29, 0.717) is 44.5 Å². The molecular weight excluding hydrogens is 354 g/mol. The molecule has 8 heteroatoms. The Balaban J connectivity index is 1.51. The topological polar surface area (TPSA) is 80.2 Å². The van der Waals surface area contributed by atoms with Gasteiger partial charge in [-0.1, -0.05) is 12.8 Å². The first-order chi connectivity index (χ1) is 12.5. The molecule has 0 radical (unpaired) electrons. The minimum absolute atomic E-state index is 0.0818. The van der Waals surface area contributed by atoms with E-state index in [1.54, 1.807) is 31.4 Å². The van der Waals surface area contributed by atoms with Gasteiger partial charge < -0.3 is 15.0 Å². The van der Waals surface area contributed by atoms with Crippen molar-refractivity contribution in [3.63, 3.8) is 0 Å². The molecule has 2 aliphatic rings. The summed E-state index contributed by atoms with van der Waals surface area (Å²) in [6.07, 6.45) is 4.54. The number of amides is 1. The van der Waals surface area contributed by atoms with Crippen molar-refractivity contribution in [2.45, 2.75) is 36.6 Å². The van der Waals surface area contributed by atoms with Crippen molar-refractivity contribution >= 4 is 15.9 Å². The standard InChI is InChI=1S/C18H27N3O4S/c1-25-16-6-8-17(9-7-16)26(23,24)21-12-10-20(11-13-21)14-18(22)19-15-4-2-3-5-15/h6-9,15H,2-5,10-14H2,1H3,(H,19,22)/p+1. The molecule has 0 atom stereocenters. The third kappa shape index (κ3) is 4.55. The summed E-state index contributed by atoms with van der Waals surface area (Å²) in [6.45, 7) is 2.58. The number of nitrogens with one attached hydrogen (secondary N) is 2. The van der Waals surface area contributed by atoms with Gasteiger partial charge >= 0.3 is 0 Å². The van der Waals surface area contributed by atoms with Crippen LogP contribution in [0.3, 0.4) is 0 Å². The summed E-state index contributed by atoms with van der Waals surface area (Å²) in [5, 5.41) is 3.10. The lowest BCUT2D eigenvalue weighted by Gasteiger charge is -2.31. The van der Waals surface area contributed by atoms with Gasteiger partial charge in [0.15, 0.2) is 6.54 Å². The maximum atomic E-state index is 12.7. The van der Waals surface area contributed by atoms with Gasteiger partial charge in [0.2, 0.25) is 10.0 Å². The molecule has 1 aliphatic heterocycles. The molecule has 1 aromatic rings. The van der Waals surface area contributed by atoms with Crippen LogP contribution in [0.2, 0.25) is 0 Å². The van der Waals surface area contributed by atoms with E-state index in [2.05, 4.69) is 5.32 Å². The second-order valence-corrected chi connectivity index (χ2v) is 8.99. The number of quaternary nitrogens is 1. The van der Waals surface area contributed by atoms with Gasteiger partial charge in [-0.3, -0.25) is 4.79 Å². The van der Waals surface area contributed by atoms with Gasteiger partial charge in [0.1, 0.15) is 5.75 Å². The fourth-order valence-electron chi connectivity index (χ4n) is 3.69. The smallest absolute Gasteiger partial charge is 0.275 e. The molecule has 26 heavy (non-hydrogen) atoms. The van der Waals surface area contributed by atoms with E-state index >= 15 is 0 Å². The number of carbonyl (C=O) groups excluding carboxylic acids is 1. The SMILES string of the molecule is COc1ccc(S(=O)(=O)N2CC[NH+](CC(=O)NC3CCCC3)CC2)cc1. The molecule has 1 saturated heterocycles. The Morgan fingerprint density at radius 2 is 1.81 bits per heavy atom. The second-order valence-electron chi connectivity index (χ2n) is 7.06. The molecule has 0 unspecified atom stereocenters. The zero-order valence-electron chi connectivity index (χ0n) is 15.2. The van der Waals surface area contributed by atoms with Crippen LogP contribution >= 0.6 is 0 Å². The van der Waals surface area contributed by atoms with Gasteiger partial charge in [0, 0.05) is 6.04 Å². The predicted molar refractivity (Wildman–Crippen MR) is 97.7 cm³/mol. The minimum Gasteiger partial charge on any atom is -0.497 e. The fourth-order valence-corrected chi connectivity index (χ4v) is 5.13. The fraction of sp³-hybridized carbons (Fsp3) is 0.611. The quantitative estimate of drug-likeness (QED) is 0.704. The van der Waals surface area contributed by atoms with Crippen molar-refractivity contribution in [3.05, 3.63) is 24.3 Å². The highest BCUT2D eigenvalue weighted by atomic mass is 32.2. The first kappa shape index (κ1) is 19.1. The number of nitrogens with zero attached hydrogens (tertiary/aromatic N) is 1. The van der Waals surface area contributed by atoms with Crippen LogP contribution in [0.15, 0.2) is 29.2 Å². The molecule has 1 heterocycles. The highest BCUT2D eigenvalue weighted by Gasteiger charge is 2.31. The van der Waals surface area contributed by atoms with Gasteiger partial charge in [-0.25, -0.2) is 8.42 Å². The molecule has 144 valence electrons. The molecule has 3 rings (SSSR count). The lowest BCUT2D eigenvalue weighted by molar-refractivity contribution is -0.895. The van der Waals surface area contributed by atoms with Gasteiger partial charge in [-0.15, -0.1) is 0 Å². The first-order valence-electron chi connectivity index (χ1n) is 9.26. The highest BCUT2D eigenvalue weighted by Crippen LogP contribution is 2.19. The van der Waals surface area contributed by atoms with Gasteiger partial charge in [0.25, 0.3) is 5.91 Å². The maximum absolute atomic E-state index is 12.7. The van der Waals surface area contributed by atoms with Crippen molar-refractivity contribution in [1.82, 2.24) is 9.62 Å². The number of rotatable bonds is 6. The third-order valence-electron chi connectivity index (χ3n) is 5.26. The maximum Gasteiger partial charge on any atom is 0.275 e. The molecule has 2 N–H and O–H groups in total. The molecule has 0 aromatic heterocycles. The van der Waals surface area contributed by atoms with E-state index in [0.717, 1.165) is 17.7 Å². The van der Waals surface area contributed by atoms with Gasteiger partial charge in [-0.2, -0.15) is 4.31 Å². The lowest BCUT2D eigenvalue weighted by atomic mass is 10.2. The van der Waals surface area contributed by atoms with Crippen LogP contribution in [0.25, 0.3) is 0 Å². The Hall–Kier alpha value is -1.64. The monoisotopic (exact) mass is 382 g/mol. The minimum atomic E-state index is -3.49. The Labute approximate surface area is 155 Å². The predicted octanol–water partition coefficient (Wildman–Crippen LogP) is -0.357. The van der Waals surface area contributed by atoms with Crippen molar-refractivity contribution in [3.8, 4) is 5.75 Å². The number of ether oxygens (including phenoxy) is 1. The second kappa shape index (κ2) is 8.37. The summed E-state index contributed by atoms with van der Waals surface area (Å²) in [6, 6.07) is 6.78. The Kier molecular flexibility index (Phi) is 6.16. The van der Waals surface area contributed by atoms with Gasteiger partial charge in [-0.05, 0) is 37.1 Å². The Morgan fingerprint density at radius 1 is 1.19 bits per heavy atom. The van der Waals surface area contributed by atoms with Crippen molar-refractivity contribution in [2.24, 2.45) is 0 Å². The average Bonchev–Trinajstić information content (AvgIpc) is 3.15. The normalized spacial score (nSPS) is 20.2. The molecule has 1 aromatic carbocycles. The van der Waals surface area contributed by atoms with Crippen molar-refractivity contribution < 1.29 is 22.8 Å². The van der Waals surface area contributed by atoms with E-state index in [1.807, 2.05) is 0 Å². The Bertz CT molecular complexity index is 706. The number of benzene rings is 1. The van der Waals surface area contributed by atoms with Crippen molar-refractivity contribution in [1.29, 1.82) is 0 Å². The van der Waals surface area contributed by atoms with Crippen LogP contribution in [0.1, 0.15) is 25.7 Å².